The molecule has 4 nitrogen and oxygen atoms in total. The molecule has 17 heavy (non-hydrogen) atoms. The summed E-state index contributed by atoms with van der Waals surface area (Å²) in [5.74, 6) is 0.383. The number of aromatic amines is 1. The molecule has 0 aliphatic rings. The number of nitrogens with two attached hydrogens (primary N) is 1. The highest BCUT2D eigenvalue weighted by atomic mass is 16.1. The quantitative estimate of drug-likeness (QED) is 0.788. The monoisotopic (exact) mass is 235 g/mol. The Labute approximate surface area is 102 Å². The maximum absolute atomic E-state index is 11.1. The molecule has 0 spiro atoms. The van der Waals surface area contributed by atoms with Gasteiger partial charge >= 0.3 is 0 Å². The Morgan fingerprint density at radius 2 is 2.24 bits per heavy atom. The summed E-state index contributed by atoms with van der Waals surface area (Å²) in [5, 5.41) is 2.61. The minimum atomic E-state index is -0.215. The fourth-order valence-electron chi connectivity index (χ4n) is 1.18. The highest BCUT2D eigenvalue weighted by molar-refractivity contribution is 5.61. The molecule has 0 aromatic carbocycles. The zero-order valence-corrected chi connectivity index (χ0v) is 10.7. The summed E-state index contributed by atoms with van der Waals surface area (Å²) < 4.78 is 1.52. The molecule has 1 aromatic heterocycles. The number of hydrogen-bond donors (Lipinski definition) is 2. The van der Waals surface area contributed by atoms with E-state index in [2.05, 4.69) is 11.7 Å². The number of H-pyrrole nitrogens is 1. The summed E-state index contributed by atoms with van der Waals surface area (Å²) in [4.78, 5) is 11.1. The van der Waals surface area contributed by atoms with Gasteiger partial charge in [-0.25, -0.2) is 4.68 Å². The van der Waals surface area contributed by atoms with Crippen LogP contribution in [-0.2, 0) is 0 Å². The van der Waals surface area contributed by atoms with Crippen LogP contribution in [0.5, 0.6) is 0 Å². The molecule has 3 N–H and O–H groups in total. The van der Waals surface area contributed by atoms with Gasteiger partial charge in [0.05, 0.1) is 5.70 Å². The topological polar surface area (TPSA) is 63.8 Å². The first-order valence-corrected chi connectivity index (χ1v) is 5.76. The number of rotatable bonds is 4. The van der Waals surface area contributed by atoms with Crippen molar-refractivity contribution in [2.24, 2.45) is 0 Å². The van der Waals surface area contributed by atoms with E-state index >= 15 is 0 Å². The number of allylic oxidation sites excluding steroid dienone is 5. The molecule has 0 radical (unpaired) electrons. The molecule has 0 atom stereocenters. The molecule has 0 fully saturated rings. The van der Waals surface area contributed by atoms with Gasteiger partial charge in [0.2, 0.25) is 0 Å². The molecule has 4 heteroatoms. The highest BCUT2D eigenvalue weighted by Gasteiger charge is 2.01. The van der Waals surface area contributed by atoms with Crippen LogP contribution in [0.3, 0.4) is 0 Å². The lowest BCUT2D eigenvalue weighted by Gasteiger charge is -2.04. The zero-order chi connectivity index (χ0) is 13.3. The molecule has 1 aromatic rings. The lowest BCUT2D eigenvalue weighted by molar-refractivity contribution is 0.900. The van der Waals surface area contributed by atoms with Gasteiger partial charge in [-0.1, -0.05) is 39.5 Å². The van der Waals surface area contributed by atoms with E-state index < -0.39 is 0 Å². The minimum absolute atomic E-state index is 0.215. The Balaban J connectivity index is 0.00000121. The summed E-state index contributed by atoms with van der Waals surface area (Å²) in [6.07, 6.45) is 8.20. The van der Waals surface area contributed by atoms with Gasteiger partial charge in [-0.3, -0.25) is 9.89 Å². The number of aromatic nitrogens is 2. The van der Waals surface area contributed by atoms with Crippen LogP contribution in [0.1, 0.15) is 27.2 Å². The molecular formula is C13H21N3O. The molecular weight excluding hydrogens is 214 g/mol. The van der Waals surface area contributed by atoms with Crippen LogP contribution in [0.4, 0.5) is 5.82 Å². The van der Waals surface area contributed by atoms with E-state index in [1.54, 1.807) is 12.2 Å². The Bertz CT molecular complexity index is 449. The van der Waals surface area contributed by atoms with E-state index in [1.807, 2.05) is 32.9 Å². The Hall–Kier alpha value is -1.97. The number of nitrogens with one attached hydrogen (secondary N) is 1. The van der Waals surface area contributed by atoms with Crippen LogP contribution in [0.15, 0.2) is 41.7 Å². The smallest absolute Gasteiger partial charge is 0.266 e. The van der Waals surface area contributed by atoms with Crippen LogP contribution < -0.4 is 11.3 Å². The number of hydrogen-bond acceptors (Lipinski definition) is 2. The maximum Gasteiger partial charge on any atom is 0.266 e. The van der Waals surface area contributed by atoms with Crippen LogP contribution in [0.25, 0.3) is 5.70 Å². The van der Waals surface area contributed by atoms with E-state index in [0.717, 1.165) is 12.1 Å². The van der Waals surface area contributed by atoms with Gasteiger partial charge in [0.25, 0.3) is 5.56 Å². The minimum Gasteiger partial charge on any atom is -0.384 e. The number of anilines is 1. The first-order valence-electron chi connectivity index (χ1n) is 5.76. The Morgan fingerprint density at radius 3 is 2.65 bits per heavy atom. The van der Waals surface area contributed by atoms with Crippen molar-refractivity contribution < 1.29 is 0 Å². The number of nitrogens with zero attached hydrogens (tertiary/aromatic N) is 1. The second-order valence-corrected chi connectivity index (χ2v) is 3.02. The summed E-state index contributed by atoms with van der Waals surface area (Å²) >= 11 is 0. The summed E-state index contributed by atoms with van der Waals surface area (Å²) in [5.41, 5.74) is 6.24. The largest absolute Gasteiger partial charge is 0.384 e. The molecule has 1 rings (SSSR count). The predicted octanol–water partition coefficient (Wildman–Crippen LogP) is 2.78. The van der Waals surface area contributed by atoms with Crippen molar-refractivity contribution in [2.45, 2.75) is 27.2 Å². The maximum atomic E-state index is 11.1. The van der Waals surface area contributed by atoms with Crippen molar-refractivity contribution in [3.63, 3.8) is 0 Å². The lowest BCUT2D eigenvalue weighted by atomic mass is 10.3. The molecule has 0 aliphatic carbocycles. The van der Waals surface area contributed by atoms with Crippen molar-refractivity contribution in [1.82, 2.24) is 9.78 Å². The van der Waals surface area contributed by atoms with Crippen LogP contribution in [0.2, 0.25) is 0 Å². The molecule has 0 saturated heterocycles. The normalized spacial score (nSPS) is 11.1. The molecule has 94 valence electrons. The van der Waals surface area contributed by atoms with E-state index in [-0.39, 0.29) is 5.56 Å². The summed E-state index contributed by atoms with van der Waals surface area (Å²) in [7, 11) is 0. The van der Waals surface area contributed by atoms with Crippen molar-refractivity contribution in [1.29, 1.82) is 0 Å². The van der Waals surface area contributed by atoms with Crippen LogP contribution in [0, 0.1) is 0 Å². The fraction of sp³-hybridized carbons (Fsp3) is 0.308. The molecule has 0 saturated carbocycles. The predicted molar refractivity (Wildman–Crippen MR) is 74.7 cm³/mol. The van der Waals surface area contributed by atoms with Crippen molar-refractivity contribution >= 4 is 11.5 Å². The van der Waals surface area contributed by atoms with Gasteiger partial charge in [0.1, 0.15) is 5.82 Å². The molecule has 0 unspecified atom stereocenters. The second kappa shape index (κ2) is 8.21. The third kappa shape index (κ3) is 4.59. The van der Waals surface area contributed by atoms with Gasteiger partial charge in [-0.2, -0.15) is 0 Å². The standard InChI is InChI=1S/C11H15N3O.C2H6/c1-3-5-7-9(6-4-2)14-10(12)8-11(15)13-14;1-2/h4-8H,2-3,12H2,1H3,(H,13,15);1-2H3/b7-5-,9-6+;. The van der Waals surface area contributed by atoms with Crippen LogP contribution in [-0.4, -0.2) is 9.78 Å². The van der Waals surface area contributed by atoms with Gasteiger partial charge in [-0.05, 0) is 18.6 Å². The van der Waals surface area contributed by atoms with E-state index in [9.17, 15) is 4.79 Å². The lowest BCUT2D eigenvalue weighted by Crippen LogP contribution is -2.05. The first kappa shape index (κ1) is 15.0. The van der Waals surface area contributed by atoms with Gasteiger partial charge in [0, 0.05) is 6.07 Å². The summed E-state index contributed by atoms with van der Waals surface area (Å²) in [6, 6.07) is 1.34. The van der Waals surface area contributed by atoms with Crippen LogP contribution >= 0.6 is 0 Å². The van der Waals surface area contributed by atoms with E-state index in [0.29, 0.717) is 5.82 Å². The molecule has 0 bridgehead atoms. The first-order chi connectivity index (χ1) is 8.19. The highest BCUT2D eigenvalue weighted by Crippen LogP contribution is 2.09. The van der Waals surface area contributed by atoms with Crippen molar-refractivity contribution in [2.75, 3.05) is 5.73 Å². The van der Waals surface area contributed by atoms with Gasteiger partial charge in [-0.15, -0.1) is 0 Å². The Kier molecular flexibility index (Phi) is 7.26. The molecule has 1 heterocycles. The van der Waals surface area contributed by atoms with Crippen molar-refractivity contribution in [3.8, 4) is 0 Å². The SMILES string of the molecule is C=C/C=C(\C=C/CC)n1[nH]c(=O)cc1N.CC. The second-order valence-electron chi connectivity index (χ2n) is 3.02. The van der Waals surface area contributed by atoms with E-state index in [4.69, 9.17) is 5.73 Å². The van der Waals surface area contributed by atoms with Crippen molar-refractivity contribution in [3.05, 3.63) is 47.3 Å². The fourth-order valence-corrected chi connectivity index (χ4v) is 1.18. The third-order valence-corrected chi connectivity index (χ3v) is 1.83. The zero-order valence-electron chi connectivity index (χ0n) is 10.7. The number of nitrogen functional groups attached to an aromatic ring is 1. The average Bonchev–Trinajstić information content (AvgIpc) is 2.66. The van der Waals surface area contributed by atoms with E-state index in [1.165, 1.54) is 10.7 Å². The summed E-state index contributed by atoms with van der Waals surface area (Å²) in [6.45, 7) is 9.65. The average molecular weight is 235 g/mol. The van der Waals surface area contributed by atoms with Gasteiger partial charge in [0.15, 0.2) is 0 Å². The molecule has 0 amide bonds. The third-order valence-electron chi connectivity index (χ3n) is 1.83. The van der Waals surface area contributed by atoms with Gasteiger partial charge < -0.3 is 5.73 Å². The molecule has 0 aliphatic heterocycles. The Morgan fingerprint density at radius 1 is 1.59 bits per heavy atom.